The number of ether oxygens (including phenoxy) is 1. The Kier molecular flexibility index (Phi) is 6.19. The highest BCUT2D eigenvalue weighted by Gasteiger charge is 2.02. The van der Waals surface area contributed by atoms with Crippen molar-refractivity contribution in [1.29, 1.82) is 0 Å². The molecule has 0 spiro atoms. The Morgan fingerprint density at radius 1 is 1.33 bits per heavy atom. The van der Waals surface area contributed by atoms with Crippen molar-refractivity contribution < 1.29 is 13.9 Å². The minimum Gasteiger partial charge on any atom is -0.493 e. The number of nitrogens with one attached hydrogen (secondary N) is 1. The Balaban J connectivity index is 2.13. The molecule has 0 fully saturated rings. The summed E-state index contributed by atoms with van der Waals surface area (Å²) in [6, 6.07) is 5.76. The molecule has 0 aliphatic rings. The first-order valence-corrected chi connectivity index (χ1v) is 6.23. The molecule has 1 rings (SSSR count). The molecule has 1 N–H and O–H groups in total. The number of hydrogen-bond donors (Lipinski definition) is 1. The Bertz CT molecular complexity index is 363. The van der Waals surface area contributed by atoms with Crippen LogP contribution in [0.2, 0.25) is 0 Å². The summed E-state index contributed by atoms with van der Waals surface area (Å²) in [4.78, 5) is 11.4. The van der Waals surface area contributed by atoms with Crippen LogP contribution in [0.1, 0.15) is 26.7 Å². The van der Waals surface area contributed by atoms with Gasteiger partial charge in [-0.25, -0.2) is 4.39 Å². The summed E-state index contributed by atoms with van der Waals surface area (Å²) in [5.41, 5.74) is 0. The zero-order valence-corrected chi connectivity index (χ0v) is 10.9. The third kappa shape index (κ3) is 6.23. The van der Waals surface area contributed by atoms with Crippen LogP contribution in [0.4, 0.5) is 4.39 Å². The van der Waals surface area contributed by atoms with Gasteiger partial charge < -0.3 is 10.1 Å². The maximum atomic E-state index is 12.6. The van der Waals surface area contributed by atoms with E-state index in [4.69, 9.17) is 4.74 Å². The normalized spacial score (nSPS) is 10.4. The lowest BCUT2D eigenvalue weighted by Crippen LogP contribution is -2.26. The SMILES string of the molecule is CC(C)CCNC(=O)CCOc1ccc(F)cc1. The van der Waals surface area contributed by atoms with Crippen LogP contribution >= 0.6 is 0 Å². The van der Waals surface area contributed by atoms with Gasteiger partial charge in [-0.1, -0.05) is 13.8 Å². The fraction of sp³-hybridized carbons (Fsp3) is 0.500. The van der Waals surface area contributed by atoms with Crippen molar-refractivity contribution >= 4 is 5.91 Å². The number of amides is 1. The highest BCUT2D eigenvalue weighted by molar-refractivity contribution is 5.75. The lowest BCUT2D eigenvalue weighted by Gasteiger charge is -2.08. The van der Waals surface area contributed by atoms with Crippen molar-refractivity contribution in [3.8, 4) is 5.75 Å². The monoisotopic (exact) mass is 253 g/mol. The van der Waals surface area contributed by atoms with Crippen LogP contribution < -0.4 is 10.1 Å². The maximum Gasteiger partial charge on any atom is 0.223 e. The second-order valence-electron chi connectivity index (χ2n) is 4.58. The van der Waals surface area contributed by atoms with Crippen LogP contribution in [0, 0.1) is 11.7 Å². The van der Waals surface area contributed by atoms with E-state index in [1.54, 1.807) is 12.1 Å². The molecule has 0 atom stereocenters. The lowest BCUT2D eigenvalue weighted by molar-refractivity contribution is -0.121. The van der Waals surface area contributed by atoms with Crippen LogP contribution in [-0.2, 0) is 4.79 Å². The van der Waals surface area contributed by atoms with Crippen LogP contribution in [-0.4, -0.2) is 19.1 Å². The average molecular weight is 253 g/mol. The molecule has 18 heavy (non-hydrogen) atoms. The van der Waals surface area contributed by atoms with Gasteiger partial charge in [0.2, 0.25) is 5.91 Å². The van der Waals surface area contributed by atoms with Gasteiger partial charge in [0.1, 0.15) is 11.6 Å². The summed E-state index contributed by atoms with van der Waals surface area (Å²) in [6.45, 7) is 5.24. The molecule has 1 amide bonds. The highest BCUT2D eigenvalue weighted by atomic mass is 19.1. The van der Waals surface area contributed by atoms with Gasteiger partial charge in [-0.05, 0) is 36.6 Å². The van der Waals surface area contributed by atoms with E-state index in [9.17, 15) is 9.18 Å². The van der Waals surface area contributed by atoms with Gasteiger partial charge in [0, 0.05) is 6.54 Å². The first-order chi connectivity index (χ1) is 8.58. The minimum absolute atomic E-state index is 0.0160. The molecule has 3 nitrogen and oxygen atoms in total. The number of rotatable bonds is 7. The molecule has 0 saturated heterocycles. The summed E-state index contributed by atoms with van der Waals surface area (Å²) in [7, 11) is 0. The molecular weight excluding hydrogens is 233 g/mol. The number of benzene rings is 1. The summed E-state index contributed by atoms with van der Waals surface area (Å²) in [5.74, 6) is 0.846. The van der Waals surface area contributed by atoms with Crippen molar-refractivity contribution in [2.75, 3.05) is 13.2 Å². The Morgan fingerprint density at radius 2 is 2.00 bits per heavy atom. The van der Waals surface area contributed by atoms with Gasteiger partial charge in [0.05, 0.1) is 13.0 Å². The van der Waals surface area contributed by atoms with Crippen molar-refractivity contribution in [2.24, 2.45) is 5.92 Å². The predicted molar refractivity (Wildman–Crippen MR) is 69.0 cm³/mol. The fourth-order valence-electron chi connectivity index (χ4n) is 1.38. The Labute approximate surface area is 107 Å². The van der Waals surface area contributed by atoms with E-state index in [-0.39, 0.29) is 11.7 Å². The first kappa shape index (κ1) is 14.5. The predicted octanol–water partition coefficient (Wildman–Crippen LogP) is 2.76. The van der Waals surface area contributed by atoms with Crippen LogP contribution in [0.5, 0.6) is 5.75 Å². The van der Waals surface area contributed by atoms with E-state index < -0.39 is 0 Å². The highest BCUT2D eigenvalue weighted by Crippen LogP contribution is 2.11. The van der Waals surface area contributed by atoms with Gasteiger partial charge in [-0.3, -0.25) is 4.79 Å². The molecule has 100 valence electrons. The third-order valence-corrected chi connectivity index (χ3v) is 2.46. The second kappa shape index (κ2) is 7.69. The van der Waals surface area contributed by atoms with E-state index in [1.807, 2.05) is 0 Å². The van der Waals surface area contributed by atoms with Gasteiger partial charge in [-0.2, -0.15) is 0 Å². The molecule has 1 aromatic rings. The molecular formula is C14H20FNO2. The zero-order valence-electron chi connectivity index (χ0n) is 10.9. The van der Waals surface area contributed by atoms with Gasteiger partial charge in [0.15, 0.2) is 0 Å². The standard InChI is InChI=1S/C14H20FNO2/c1-11(2)7-9-16-14(17)8-10-18-13-5-3-12(15)4-6-13/h3-6,11H,7-10H2,1-2H3,(H,16,17). The molecule has 0 heterocycles. The van der Waals surface area contributed by atoms with Crippen LogP contribution in [0.15, 0.2) is 24.3 Å². The van der Waals surface area contributed by atoms with Gasteiger partial charge in [0.25, 0.3) is 0 Å². The van der Waals surface area contributed by atoms with Crippen molar-refractivity contribution in [1.82, 2.24) is 5.32 Å². The van der Waals surface area contributed by atoms with Gasteiger partial charge >= 0.3 is 0 Å². The molecule has 0 aromatic heterocycles. The molecule has 0 aliphatic heterocycles. The first-order valence-electron chi connectivity index (χ1n) is 6.23. The summed E-state index contributed by atoms with van der Waals surface area (Å²) >= 11 is 0. The van der Waals surface area contributed by atoms with E-state index in [0.29, 0.717) is 31.2 Å². The molecule has 4 heteroatoms. The molecule has 0 bridgehead atoms. The molecule has 0 radical (unpaired) electrons. The third-order valence-electron chi connectivity index (χ3n) is 2.46. The molecule has 1 aromatic carbocycles. The van der Waals surface area contributed by atoms with Crippen molar-refractivity contribution in [3.05, 3.63) is 30.1 Å². The summed E-state index contributed by atoms with van der Waals surface area (Å²) in [6.07, 6.45) is 1.29. The van der Waals surface area contributed by atoms with E-state index in [0.717, 1.165) is 6.42 Å². The topological polar surface area (TPSA) is 38.3 Å². The van der Waals surface area contributed by atoms with E-state index in [2.05, 4.69) is 19.2 Å². The van der Waals surface area contributed by atoms with Gasteiger partial charge in [-0.15, -0.1) is 0 Å². The smallest absolute Gasteiger partial charge is 0.223 e. The van der Waals surface area contributed by atoms with E-state index in [1.165, 1.54) is 12.1 Å². The van der Waals surface area contributed by atoms with Crippen molar-refractivity contribution in [2.45, 2.75) is 26.7 Å². The number of carbonyl (C=O) groups is 1. The fourth-order valence-corrected chi connectivity index (χ4v) is 1.38. The van der Waals surface area contributed by atoms with Crippen LogP contribution in [0.25, 0.3) is 0 Å². The Hall–Kier alpha value is -1.58. The van der Waals surface area contributed by atoms with Crippen LogP contribution in [0.3, 0.4) is 0 Å². The summed E-state index contributed by atoms with van der Waals surface area (Å²) in [5, 5.41) is 2.83. The number of hydrogen-bond acceptors (Lipinski definition) is 2. The molecule has 0 saturated carbocycles. The zero-order chi connectivity index (χ0) is 13.4. The average Bonchev–Trinajstić information content (AvgIpc) is 2.31. The molecule has 0 unspecified atom stereocenters. The number of carbonyl (C=O) groups excluding carboxylic acids is 1. The minimum atomic E-state index is -0.297. The van der Waals surface area contributed by atoms with Crippen molar-refractivity contribution in [3.63, 3.8) is 0 Å². The summed E-state index contributed by atoms with van der Waals surface area (Å²) < 4.78 is 18.0. The maximum absolute atomic E-state index is 12.6. The quantitative estimate of drug-likeness (QED) is 0.811. The lowest BCUT2D eigenvalue weighted by atomic mass is 10.1. The Morgan fingerprint density at radius 3 is 2.61 bits per heavy atom. The second-order valence-corrected chi connectivity index (χ2v) is 4.58. The van der Waals surface area contributed by atoms with E-state index >= 15 is 0 Å². The number of halogens is 1. The molecule has 0 aliphatic carbocycles. The largest absolute Gasteiger partial charge is 0.493 e.